The standard InChI is InChI=1S/C16H27N3OS2/c1-12-6-13(2)8-19(7-12)5-4-17-16(20)11-21-9-15-10-22-14(3)18-15/h10,12-13H,4-9,11H2,1-3H3,(H,17,20)/t12-,13+. The number of hydrogen-bond acceptors (Lipinski definition) is 5. The zero-order chi connectivity index (χ0) is 15.9. The van der Waals surface area contributed by atoms with Crippen LogP contribution in [0.3, 0.4) is 0 Å². The third-order valence-electron chi connectivity index (χ3n) is 3.84. The Morgan fingerprint density at radius 2 is 2.18 bits per heavy atom. The van der Waals surface area contributed by atoms with E-state index in [1.165, 1.54) is 6.42 Å². The van der Waals surface area contributed by atoms with E-state index in [4.69, 9.17) is 0 Å². The summed E-state index contributed by atoms with van der Waals surface area (Å²) < 4.78 is 0. The third-order valence-corrected chi connectivity index (χ3v) is 5.63. The summed E-state index contributed by atoms with van der Waals surface area (Å²) in [5, 5.41) is 6.19. The highest BCUT2D eigenvalue weighted by molar-refractivity contribution is 7.99. The first-order valence-corrected chi connectivity index (χ1v) is 10.0. The summed E-state index contributed by atoms with van der Waals surface area (Å²) in [6, 6.07) is 0. The Hall–Kier alpha value is -0.590. The molecule has 0 radical (unpaired) electrons. The van der Waals surface area contributed by atoms with Gasteiger partial charge in [0.1, 0.15) is 0 Å². The molecule has 6 heteroatoms. The van der Waals surface area contributed by atoms with E-state index in [1.54, 1.807) is 23.1 Å². The van der Waals surface area contributed by atoms with Crippen LogP contribution in [0.1, 0.15) is 31.0 Å². The van der Waals surface area contributed by atoms with Crippen molar-refractivity contribution in [2.45, 2.75) is 32.9 Å². The number of rotatable bonds is 7. The van der Waals surface area contributed by atoms with Crippen LogP contribution in [0.25, 0.3) is 0 Å². The van der Waals surface area contributed by atoms with Gasteiger partial charge in [0.2, 0.25) is 5.91 Å². The highest BCUT2D eigenvalue weighted by Gasteiger charge is 2.21. The van der Waals surface area contributed by atoms with Gasteiger partial charge in [-0.1, -0.05) is 13.8 Å². The lowest BCUT2D eigenvalue weighted by atomic mass is 9.92. The smallest absolute Gasteiger partial charge is 0.230 e. The predicted molar refractivity (Wildman–Crippen MR) is 95.4 cm³/mol. The normalized spacial score (nSPS) is 22.7. The molecule has 1 aliphatic heterocycles. The maximum Gasteiger partial charge on any atom is 0.230 e. The van der Waals surface area contributed by atoms with E-state index in [-0.39, 0.29) is 5.91 Å². The Morgan fingerprint density at radius 3 is 2.82 bits per heavy atom. The lowest BCUT2D eigenvalue weighted by Crippen LogP contribution is -2.43. The van der Waals surface area contributed by atoms with E-state index in [0.29, 0.717) is 5.75 Å². The molecule has 1 aromatic heterocycles. The van der Waals surface area contributed by atoms with Crippen LogP contribution in [0.5, 0.6) is 0 Å². The van der Waals surface area contributed by atoms with Crippen LogP contribution in [0, 0.1) is 18.8 Å². The van der Waals surface area contributed by atoms with Crippen molar-refractivity contribution in [3.63, 3.8) is 0 Å². The van der Waals surface area contributed by atoms with Crippen molar-refractivity contribution in [3.05, 3.63) is 16.1 Å². The summed E-state index contributed by atoms with van der Waals surface area (Å²) in [6.07, 6.45) is 1.33. The number of aryl methyl sites for hydroxylation is 1. The van der Waals surface area contributed by atoms with E-state index in [1.807, 2.05) is 6.92 Å². The van der Waals surface area contributed by atoms with Gasteiger partial charge in [-0.3, -0.25) is 4.79 Å². The Morgan fingerprint density at radius 1 is 1.45 bits per heavy atom. The second-order valence-corrected chi connectivity index (χ2v) is 8.45. The SMILES string of the molecule is Cc1nc(CSCC(=O)NCCN2C[C@H](C)C[C@H](C)C2)cs1. The molecule has 4 nitrogen and oxygen atoms in total. The average Bonchev–Trinajstić information content (AvgIpc) is 2.83. The second-order valence-electron chi connectivity index (χ2n) is 6.41. The molecule has 22 heavy (non-hydrogen) atoms. The summed E-state index contributed by atoms with van der Waals surface area (Å²) in [5.41, 5.74) is 1.08. The molecule has 1 N–H and O–H groups in total. The molecule has 0 bridgehead atoms. The molecule has 1 fully saturated rings. The van der Waals surface area contributed by atoms with Gasteiger partial charge in [0.25, 0.3) is 0 Å². The van der Waals surface area contributed by atoms with Crippen LogP contribution in [-0.2, 0) is 10.5 Å². The molecule has 0 unspecified atom stereocenters. The van der Waals surface area contributed by atoms with Gasteiger partial charge in [0.05, 0.1) is 16.5 Å². The fourth-order valence-corrected chi connectivity index (χ4v) is 4.57. The van der Waals surface area contributed by atoms with Crippen LogP contribution < -0.4 is 5.32 Å². The molecule has 1 amide bonds. The number of nitrogens with one attached hydrogen (secondary N) is 1. The molecule has 1 aromatic rings. The van der Waals surface area contributed by atoms with Gasteiger partial charge < -0.3 is 10.2 Å². The molecule has 0 aromatic carbocycles. The van der Waals surface area contributed by atoms with Gasteiger partial charge in [0, 0.05) is 37.3 Å². The van der Waals surface area contributed by atoms with Gasteiger partial charge in [-0.2, -0.15) is 0 Å². The largest absolute Gasteiger partial charge is 0.354 e. The number of thiazole rings is 1. The van der Waals surface area contributed by atoms with Crippen molar-refractivity contribution >= 4 is 29.0 Å². The zero-order valence-corrected chi connectivity index (χ0v) is 15.4. The topological polar surface area (TPSA) is 45.2 Å². The number of amides is 1. The van der Waals surface area contributed by atoms with Gasteiger partial charge in [-0.15, -0.1) is 23.1 Å². The van der Waals surface area contributed by atoms with Gasteiger partial charge in [-0.25, -0.2) is 4.98 Å². The number of aromatic nitrogens is 1. The number of thioether (sulfide) groups is 1. The molecule has 1 aliphatic rings. The van der Waals surface area contributed by atoms with Crippen LogP contribution in [0.2, 0.25) is 0 Å². The Bertz CT molecular complexity index is 468. The molecule has 124 valence electrons. The van der Waals surface area contributed by atoms with Crippen molar-refractivity contribution in [1.29, 1.82) is 0 Å². The number of carbonyl (C=O) groups is 1. The summed E-state index contributed by atoms with van der Waals surface area (Å²) in [5.74, 6) is 3.02. The number of carbonyl (C=O) groups excluding carboxylic acids is 1. The van der Waals surface area contributed by atoms with Gasteiger partial charge in [-0.05, 0) is 25.2 Å². The number of likely N-dealkylation sites (tertiary alicyclic amines) is 1. The van der Waals surface area contributed by atoms with E-state index < -0.39 is 0 Å². The van der Waals surface area contributed by atoms with Crippen LogP contribution in [0.15, 0.2) is 5.38 Å². The first-order chi connectivity index (χ1) is 10.5. The fourth-order valence-electron chi connectivity index (χ4n) is 3.10. The summed E-state index contributed by atoms with van der Waals surface area (Å²) in [7, 11) is 0. The van der Waals surface area contributed by atoms with E-state index in [2.05, 4.69) is 34.4 Å². The third kappa shape index (κ3) is 6.26. The molecule has 0 saturated carbocycles. The lowest BCUT2D eigenvalue weighted by molar-refractivity contribution is -0.118. The molecule has 2 atom stereocenters. The number of hydrogen-bond donors (Lipinski definition) is 1. The zero-order valence-electron chi connectivity index (χ0n) is 13.8. The molecule has 0 aliphatic carbocycles. The molecule has 0 spiro atoms. The van der Waals surface area contributed by atoms with Crippen molar-refractivity contribution in [1.82, 2.24) is 15.2 Å². The van der Waals surface area contributed by atoms with E-state index in [0.717, 1.165) is 54.5 Å². The number of piperidine rings is 1. The highest BCUT2D eigenvalue weighted by Crippen LogP contribution is 2.20. The minimum atomic E-state index is 0.134. The fraction of sp³-hybridized carbons (Fsp3) is 0.750. The Labute approximate surface area is 142 Å². The van der Waals surface area contributed by atoms with Crippen LogP contribution in [0.4, 0.5) is 0 Å². The van der Waals surface area contributed by atoms with Crippen LogP contribution in [-0.4, -0.2) is 47.7 Å². The molecule has 1 saturated heterocycles. The van der Waals surface area contributed by atoms with Crippen molar-refractivity contribution in [2.75, 3.05) is 31.9 Å². The Balaban J connectivity index is 1.55. The lowest BCUT2D eigenvalue weighted by Gasteiger charge is -2.34. The van der Waals surface area contributed by atoms with Crippen LogP contribution >= 0.6 is 23.1 Å². The quantitative estimate of drug-likeness (QED) is 0.828. The maximum absolute atomic E-state index is 11.8. The molecule has 2 heterocycles. The summed E-state index contributed by atoms with van der Waals surface area (Å²) >= 11 is 3.30. The minimum Gasteiger partial charge on any atom is -0.354 e. The van der Waals surface area contributed by atoms with Gasteiger partial charge >= 0.3 is 0 Å². The van der Waals surface area contributed by atoms with E-state index in [9.17, 15) is 4.79 Å². The van der Waals surface area contributed by atoms with Crippen molar-refractivity contribution in [3.8, 4) is 0 Å². The first-order valence-electron chi connectivity index (χ1n) is 8.00. The van der Waals surface area contributed by atoms with E-state index >= 15 is 0 Å². The Kier molecular flexibility index (Phi) is 7.18. The molecular formula is C16H27N3OS2. The maximum atomic E-state index is 11.8. The number of nitrogens with zero attached hydrogens (tertiary/aromatic N) is 2. The first kappa shape index (κ1) is 17.8. The second kappa shape index (κ2) is 8.89. The molecule has 2 rings (SSSR count). The molecular weight excluding hydrogens is 314 g/mol. The summed E-state index contributed by atoms with van der Waals surface area (Å²) in [6.45, 7) is 10.7. The highest BCUT2D eigenvalue weighted by atomic mass is 32.2. The monoisotopic (exact) mass is 341 g/mol. The average molecular weight is 342 g/mol. The predicted octanol–water partition coefficient (Wildman–Crippen LogP) is 2.78. The summed E-state index contributed by atoms with van der Waals surface area (Å²) in [4.78, 5) is 18.7. The van der Waals surface area contributed by atoms with Gasteiger partial charge in [0.15, 0.2) is 0 Å². The minimum absolute atomic E-state index is 0.134. The van der Waals surface area contributed by atoms with Crippen molar-refractivity contribution in [2.24, 2.45) is 11.8 Å². The van der Waals surface area contributed by atoms with Crippen molar-refractivity contribution < 1.29 is 4.79 Å².